The van der Waals surface area contributed by atoms with Gasteiger partial charge >= 0.3 is 0 Å². The summed E-state index contributed by atoms with van der Waals surface area (Å²) in [6, 6.07) is 1.53. The summed E-state index contributed by atoms with van der Waals surface area (Å²) in [4.78, 5) is 0. The zero-order valence-electron chi connectivity index (χ0n) is 16.2. The summed E-state index contributed by atoms with van der Waals surface area (Å²) in [7, 11) is -0.767. The molecule has 0 nitrogen and oxygen atoms in total. The average molecular weight is 326 g/mol. The molecule has 0 saturated carbocycles. The minimum absolute atomic E-state index is 0.767. The molecular weight excluding hydrogens is 280 g/mol. The Morgan fingerprint density at radius 1 is 0.455 bits per heavy atom. The highest BCUT2D eigenvalue weighted by molar-refractivity contribution is 6.76. The van der Waals surface area contributed by atoms with Gasteiger partial charge in [0.05, 0.1) is 0 Å². The van der Waals surface area contributed by atoms with Crippen LogP contribution in [0, 0.1) is 6.92 Å². The second-order valence-electron chi connectivity index (χ2n) is 8.47. The molecule has 0 atom stereocenters. The monoisotopic (exact) mass is 325 g/mol. The van der Waals surface area contributed by atoms with E-state index >= 15 is 0 Å². The van der Waals surface area contributed by atoms with Gasteiger partial charge in [-0.3, -0.25) is 0 Å². The Hall–Kier alpha value is 0.217. The van der Waals surface area contributed by atoms with Crippen molar-refractivity contribution in [1.29, 1.82) is 0 Å². The Morgan fingerprint density at radius 2 is 0.727 bits per heavy atom. The third-order valence-corrected chi connectivity index (χ3v) is 6.53. The first-order valence-corrected chi connectivity index (χ1v) is 14.1. The van der Waals surface area contributed by atoms with Gasteiger partial charge in [-0.1, -0.05) is 135 Å². The number of rotatable bonds is 17. The van der Waals surface area contributed by atoms with Gasteiger partial charge in [0.25, 0.3) is 0 Å². The van der Waals surface area contributed by atoms with Crippen LogP contribution < -0.4 is 0 Å². The molecule has 22 heavy (non-hydrogen) atoms. The lowest BCUT2D eigenvalue weighted by molar-refractivity contribution is 0.532. The lowest BCUT2D eigenvalue weighted by Gasteiger charge is -2.14. The lowest BCUT2D eigenvalue weighted by Crippen LogP contribution is -2.18. The summed E-state index contributed by atoms with van der Waals surface area (Å²) in [5.41, 5.74) is 0. The fourth-order valence-corrected chi connectivity index (χ4v) is 4.44. The molecule has 0 bridgehead atoms. The van der Waals surface area contributed by atoms with Crippen LogP contribution in [-0.4, -0.2) is 8.07 Å². The third-order valence-electron chi connectivity index (χ3n) is 4.68. The molecule has 0 aromatic heterocycles. The molecular formula is C21H45Si. The van der Waals surface area contributed by atoms with Crippen LogP contribution in [0.15, 0.2) is 0 Å². The smallest absolute Gasteiger partial charge is 0.0442 e. The first kappa shape index (κ1) is 22.2. The van der Waals surface area contributed by atoms with Gasteiger partial charge in [0.1, 0.15) is 0 Å². The number of unbranched alkanes of at least 4 members (excludes halogenated alkanes) is 15. The van der Waals surface area contributed by atoms with Crippen LogP contribution >= 0.6 is 0 Å². The largest absolute Gasteiger partial charge is 0.0695 e. The van der Waals surface area contributed by atoms with Crippen LogP contribution in [0.5, 0.6) is 0 Å². The highest BCUT2D eigenvalue weighted by Crippen LogP contribution is 2.16. The first-order valence-electron chi connectivity index (χ1n) is 10.4. The molecule has 0 aromatic carbocycles. The van der Waals surface area contributed by atoms with Crippen molar-refractivity contribution in [3.8, 4) is 0 Å². The molecule has 0 aliphatic heterocycles. The zero-order valence-corrected chi connectivity index (χ0v) is 17.2. The molecule has 0 aliphatic carbocycles. The van der Waals surface area contributed by atoms with E-state index in [1.807, 2.05) is 0 Å². The number of hydrogen-bond acceptors (Lipinski definition) is 0. The van der Waals surface area contributed by atoms with Crippen LogP contribution in [0.2, 0.25) is 25.7 Å². The van der Waals surface area contributed by atoms with Crippen LogP contribution in [0.25, 0.3) is 0 Å². The van der Waals surface area contributed by atoms with E-state index in [4.69, 9.17) is 0 Å². The summed E-state index contributed by atoms with van der Waals surface area (Å²) in [6.45, 7) is 11.4. The van der Waals surface area contributed by atoms with E-state index in [2.05, 4.69) is 26.6 Å². The van der Waals surface area contributed by atoms with Gasteiger partial charge in [-0.15, -0.1) is 0 Å². The van der Waals surface area contributed by atoms with E-state index in [-0.39, 0.29) is 0 Å². The predicted octanol–water partition coefficient (Wildman–Crippen LogP) is 8.40. The average Bonchev–Trinajstić information content (AvgIpc) is 2.45. The van der Waals surface area contributed by atoms with Gasteiger partial charge in [-0.05, 0) is 0 Å². The topological polar surface area (TPSA) is 0 Å². The molecule has 0 rings (SSSR count). The van der Waals surface area contributed by atoms with Gasteiger partial charge in [0.15, 0.2) is 0 Å². The van der Waals surface area contributed by atoms with E-state index in [9.17, 15) is 0 Å². The molecule has 0 spiro atoms. The number of hydrogen-bond donors (Lipinski definition) is 0. The van der Waals surface area contributed by atoms with Crippen LogP contribution in [-0.2, 0) is 0 Å². The fraction of sp³-hybridized carbons (Fsp3) is 0.952. The predicted molar refractivity (Wildman–Crippen MR) is 107 cm³/mol. The molecule has 1 heteroatoms. The van der Waals surface area contributed by atoms with Crippen LogP contribution in [0.4, 0.5) is 0 Å². The summed E-state index contributed by atoms with van der Waals surface area (Å²) in [5.74, 6) is 0. The van der Waals surface area contributed by atoms with Crippen molar-refractivity contribution in [2.75, 3.05) is 0 Å². The van der Waals surface area contributed by atoms with E-state index in [1.165, 1.54) is 102 Å². The molecule has 0 aliphatic rings. The molecule has 0 unspecified atom stereocenters. The highest BCUT2D eigenvalue weighted by atomic mass is 28.3. The standard InChI is InChI=1S/C21H45Si/c1-5-6-7-8-9-10-11-12-13-14-15-16-17-18-19-20-21-22(2,3)4/h1,5-21H2,2-4H3. The maximum Gasteiger partial charge on any atom is 0.0442 e. The SMILES string of the molecule is [CH2]CCCCCCCCCCCCCCCCC[Si](C)(C)C. The van der Waals surface area contributed by atoms with E-state index in [0.29, 0.717) is 0 Å². The summed E-state index contributed by atoms with van der Waals surface area (Å²) >= 11 is 0. The maximum atomic E-state index is 3.90. The molecule has 0 fully saturated rings. The van der Waals surface area contributed by atoms with Crippen molar-refractivity contribution in [3.05, 3.63) is 6.92 Å². The second kappa shape index (κ2) is 16.1. The van der Waals surface area contributed by atoms with Crippen molar-refractivity contribution in [2.24, 2.45) is 0 Å². The zero-order chi connectivity index (χ0) is 16.5. The molecule has 1 radical (unpaired) electrons. The van der Waals surface area contributed by atoms with Gasteiger partial charge in [0, 0.05) is 8.07 Å². The molecule has 0 saturated heterocycles. The van der Waals surface area contributed by atoms with Gasteiger partial charge in [-0.2, -0.15) is 0 Å². The van der Waals surface area contributed by atoms with Crippen LogP contribution in [0.3, 0.4) is 0 Å². The Bertz CT molecular complexity index is 204. The fourth-order valence-electron chi connectivity index (χ4n) is 3.13. The first-order chi connectivity index (χ1) is 10.6. The van der Waals surface area contributed by atoms with Crippen molar-refractivity contribution in [2.45, 2.75) is 128 Å². The van der Waals surface area contributed by atoms with E-state index in [1.54, 1.807) is 0 Å². The Balaban J connectivity index is 3.00. The Morgan fingerprint density at radius 3 is 1.00 bits per heavy atom. The molecule has 0 aromatic rings. The Kier molecular flexibility index (Phi) is 16.2. The summed E-state index contributed by atoms with van der Waals surface area (Å²) < 4.78 is 0. The van der Waals surface area contributed by atoms with E-state index < -0.39 is 8.07 Å². The van der Waals surface area contributed by atoms with Gasteiger partial charge in [-0.25, -0.2) is 0 Å². The van der Waals surface area contributed by atoms with Crippen molar-refractivity contribution < 1.29 is 0 Å². The van der Waals surface area contributed by atoms with Crippen molar-refractivity contribution in [3.63, 3.8) is 0 Å². The van der Waals surface area contributed by atoms with E-state index in [0.717, 1.165) is 6.42 Å². The minimum Gasteiger partial charge on any atom is -0.0695 e. The molecule has 0 heterocycles. The van der Waals surface area contributed by atoms with Gasteiger partial charge in [0.2, 0.25) is 0 Å². The third kappa shape index (κ3) is 20.2. The minimum atomic E-state index is -0.767. The van der Waals surface area contributed by atoms with Crippen molar-refractivity contribution in [1.82, 2.24) is 0 Å². The summed E-state index contributed by atoms with van der Waals surface area (Å²) in [5, 5.41) is 0. The lowest BCUT2D eigenvalue weighted by atomic mass is 10.0. The summed E-state index contributed by atoms with van der Waals surface area (Å²) in [6.07, 6.45) is 23.0. The maximum absolute atomic E-state index is 3.90. The quantitative estimate of drug-likeness (QED) is 0.186. The molecule has 0 amide bonds. The normalized spacial score (nSPS) is 12.0. The van der Waals surface area contributed by atoms with Crippen LogP contribution in [0.1, 0.15) is 103 Å². The molecule has 133 valence electrons. The van der Waals surface area contributed by atoms with Gasteiger partial charge < -0.3 is 0 Å². The second-order valence-corrected chi connectivity index (χ2v) is 14.1. The Labute approximate surface area is 143 Å². The highest BCUT2D eigenvalue weighted by Gasteiger charge is 2.11. The van der Waals surface area contributed by atoms with Crippen molar-refractivity contribution >= 4 is 8.07 Å². The molecule has 0 N–H and O–H groups in total.